The Bertz CT molecular complexity index is 523. The smallest absolute Gasteiger partial charge is 0.115 e. The summed E-state index contributed by atoms with van der Waals surface area (Å²) in [5.74, 6) is 0. The zero-order chi connectivity index (χ0) is 13.6. The summed E-state index contributed by atoms with van der Waals surface area (Å²) in [4.78, 5) is 10.3. The molecule has 5 nitrogen and oxygen atoms in total. The summed E-state index contributed by atoms with van der Waals surface area (Å²) < 4.78 is 5.37. The summed E-state index contributed by atoms with van der Waals surface area (Å²) in [5.41, 5.74) is 3.44. The summed E-state index contributed by atoms with van der Waals surface area (Å²) >= 11 is 0. The van der Waals surface area contributed by atoms with Crippen molar-refractivity contribution in [2.24, 2.45) is 0 Å². The van der Waals surface area contributed by atoms with Gasteiger partial charge in [-0.3, -0.25) is 0 Å². The van der Waals surface area contributed by atoms with Crippen LogP contribution >= 0.6 is 0 Å². The molecule has 104 valence electrons. The lowest BCUT2D eigenvalue weighted by Crippen LogP contribution is -2.36. The van der Waals surface area contributed by atoms with Crippen LogP contribution in [0.5, 0.6) is 0 Å². The molecule has 2 aromatic rings. The highest BCUT2D eigenvalue weighted by molar-refractivity contribution is 5.48. The molecule has 0 amide bonds. The van der Waals surface area contributed by atoms with Crippen molar-refractivity contribution in [2.75, 3.05) is 36.5 Å². The normalized spacial score (nSPS) is 15.1. The van der Waals surface area contributed by atoms with Crippen LogP contribution in [-0.4, -0.2) is 36.3 Å². The number of benzene rings is 1. The monoisotopic (exact) mass is 270 g/mol. The Morgan fingerprint density at radius 2 is 1.75 bits per heavy atom. The van der Waals surface area contributed by atoms with Crippen LogP contribution in [0.15, 0.2) is 43.0 Å². The molecule has 1 aliphatic rings. The van der Waals surface area contributed by atoms with Crippen LogP contribution in [0.2, 0.25) is 0 Å². The van der Waals surface area contributed by atoms with Gasteiger partial charge >= 0.3 is 0 Å². The summed E-state index contributed by atoms with van der Waals surface area (Å²) in [6.07, 6.45) is 5.08. The number of anilines is 2. The Morgan fingerprint density at radius 3 is 2.45 bits per heavy atom. The maximum atomic E-state index is 5.37. The maximum Gasteiger partial charge on any atom is 0.115 e. The van der Waals surface area contributed by atoms with Crippen LogP contribution in [0.3, 0.4) is 0 Å². The molecule has 3 rings (SSSR count). The topological polar surface area (TPSA) is 50.3 Å². The Kier molecular flexibility index (Phi) is 4.08. The van der Waals surface area contributed by atoms with Gasteiger partial charge in [-0.15, -0.1) is 0 Å². The summed E-state index contributed by atoms with van der Waals surface area (Å²) in [6, 6.07) is 8.65. The minimum absolute atomic E-state index is 0.775. The van der Waals surface area contributed by atoms with Crippen LogP contribution in [0, 0.1) is 0 Å². The van der Waals surface area contributed by atoms with Crippen LogP contribution in [0.1, 0.15) is 5.56 Å². The fourth-order valence-corrected chi connectivity index (χ4v) is 2.24. The summed E-state index contributed by atoms with van der Waals surface area (Å²) in [6.45, 7) is 4.35. The molecule has 1 saturated heterocycles. The van der Waals surface area contributed by atoms with E-state index in [0.29, 0.717) is 0 Å². The molecule has 2 heterocycles. The van der Waals surface area contributed by atoms with Gasteiger partial charge in [-0.05, 0) is 17.7 Å². The molecule has 20 heavy (non-hydrogen) atoms. The van der Waals surface area contributed by atoms with Gasteiger partial charge in [-0.1, -0.05) is 12.1 Å². The maximum absolute atomic E-state index is 5.37. The van der Waals surface area contributed by atoms with Gasteiger partial charge in [0.2, 0.25) is 0 Å². The number of morpholine rings is 1. The van der Waals surface area contributed by atoms with Gasteiger partial charge in [0, 0.05) is 25.3 Å². The molecule has 1 aromatic carbocycles. The predicted molar refractivity (Wildman–Crippen MR) is 78.8 cm³/mol. The fourth-order valence-electron chi connectivity index (χ4n) is 2.24. The van der Waals surface area contributed by atoms with Crippen molar-refractivity contribution in [1.29, 1.82) is 0 Å². The van der Waals surface area contributed by atoms with Crippen molar-refractivity contribution in [2.45, 2.75) is 6.54 Å². The highest BCUT2D eigenvalue weighted by Crippen LogP contribution is 2.17. The van der Waals surface area contributed by atoms with E-state index >= 15 is 0 Å². The Labute approximate surface area is 118 Å². The number of rotatable bonds is 4. The zero-order valence-corrected chi connectivity index (χ0v) is 11.3. The zero-order valence-electron chi connectivity index (χ0n) is 11.3. The quantitative estimate of drug-likeness (QED) is 0.920. The standard InChI is InChI=1S/C15H18N4O/c1-3-15(19-5-7-20-8-6-19)4-2-13(1)9-18-14-10-16-12-17-11-14/h1-4,10-12,18H,5-9H2. The molecule has 5 heteroatoms. The average molecular weight is 270 g/mol. The van der Waals surface area contributed by atoms with E-state index in [2.05, 4.69) is 44.5 Å². The molecule has 0 saturated carbocycles. The largest absolute Gasteiger partial charge is 0.378 e. The number of ether oxygens (including phenoxy) is 1. The van der Waals surface area contributed by atoms with E-state index < -0.39 is 0 Å². The molecular formula is C15H18N4O. The van der Waals surface area contributed by atoms with Crippen molar-refractivity contribution in [3.05, 3.63) is 48.5 Å². The Morgan fingerprint density at radius 1 is 1.05 bits per heavy atom. The number of nitrogens with one attached hydrogen (secondary N) is 1. The second-order valence-electron chi connectivity index (χ2n) is 4.75. The molecule has 0 radical (unpaired) electrons. The molecule has 1 N–H and O–H groups in total. The van der Waals surface area contributed by atoms with Crippen LogP contribution < -0.4 is 10.2 Å². The van der Waals surface area contributed by atoms with Crippen molar-refractivity contribution in [3.63, 3.8) is 0 Å². The molecule has 0 spiro atoms. The molecule has 1 aliphatic heterocycles. The number of aromatic nitrogens is 2. The molecular weight excluding hydrogens is 252 g/mol. The van der Waals surface area contributed by atoms with Crippen molar-refractivity contribution in [1.82, 2.24) is 9.97 Å². The first kappa shape index (κ1) is 12.9. The second-order valence-corrected chi connectivity index (χ2v) is 4.75. The van der Waals surface area contributed by atoms with E-state index in [9.17, 15) is 0 Å². The average Bonchev–Trinajstić information content (AvgIpc) is 2.55. The lowest BCUT2D eigenvalue weighted by molar-refractivity contribution is 0.122. The van der Waals surface area contributed by atoms with E-state index in [1.54, 1.807) is 12.4 Å². The van der Waals surface area contributed by atoms with Crippen LogP contribution in [0.4, 0.5) is 11.4 Å². The predicted octanol–water partition coefficient (Wildman–Crippen LogP) is 1.93. The third-order valence-corrected chi connectivity index (χ3v) is 3.37. The molecule has 0 aliphatic carbocycles. The van der Waals surface area contributed by atoms with Crippen molar-refractivity contribution < 1.29 is 4.74 Å². The number of nitrogens with zero attached hydrogens (tertiary/aromatic N) is 3. The Hall–Kier alpha value is -2.14. The van der Waals surface area contributed by atoms with Gasteiger partial charge < -0.3 is 15.0 Å². The highest BCUT2D eigenvalue weighted by Gasteiger charge is 2.10. The molecule has 0 unspecified atom stereocenters. The van der Waals surface area contributed by atoms with E-state index in [1.807, 2.05) is 0 Å². The van der Waals surface area contributed by atoms with Gasteiger partial charge in [0.1, 0.15) is 6.33 Å². The highest BCUT2D eigenvalue weighted by atomic mass is 16.5. The third-order valence-electron chi connectivity index (χ3n) is 3.37. The summed E-state index contributed by atoms with van der Waals surface area (Å²) in [7, 11) is 0. The fraction of sp³-hybridized carbons (Fsp3) is 0.333. The van der Waals surface area contributed by atoms with Gasteiger partial charge in [0.15, 0.2) is 0 Å². The van der Waals surface area contributed by atoms with E-state index in [-0.39, 0.29) is 0 Å². The summed E-state index contributed by atoms with van der Waals surface area (Å²) in [5, 5.41) is 3.30. The lowest BCUT2D eigenvalue weighted by Gasteiger charge is -2.28. The van der Waals surface area contributed by atoms with Crippen molar-refractivity contribution in [3.8, 4) is 0 Å². The van der Waals surface area contributed by atoms with Gasteiger partial charge in [-0.2, -0.15) is 0 Å². The molecule has 1 aromatic heterocycles. The van der Waals surface area contributed by atoms with Crippen LogP contribution in [-0.2, 0) is 11.3 Å². The first-order valence-electron chi connectivity index (χ1n) is 6.82. The number of hydrogen-bond donors (Lipinski definition) is 1. The van der Waals surface area contributed by atoms with Gasteiger partial charge in [0.05, 0.1) is 31.3 Å². The molecule has 1 fully saturated rings. The lowest BCUT2D eigenvalue weighted by atomic mass is 10.2. The van der Waals surface area contributed by atoms with E-state index in [1.165, 1.54) is 17.6 Å². The van der Waals surface area contributed by atoms with Crippen molar-refractivity contribution >= 4 is 11.4 Å². The van der Waals surface area contributed by atoms with Gasteiger partial charge in [0.25, 0.3) is 0 Å². The number of hydrogen-bond acceptors (Lipinski definition) is 5. The first-order valence-corrected chi connectivity index (χ1v) is 6.82. The molecule has 0 bridgehead atoms. The third kappa shape index (κ3) is 3.24. The van der Waals surface area contributed by atoms with E-state index in [0.717, 1.165) is 38.5 Å². The van der Waals surface area contributed by atoms with Gasteiger partial charge in [-0.25, -0.2) is 9.97 Å². The van der Waals surface area contributed by atoms with Crippen LogP contribution in [0.25, 0.3) is 0 Å². The second kappa shape index (κ2) is 6.34. The minimum Gasteiger partial charge on any atom is -0.378 e. The molecule has 0 atom stereocenters. The van der Waals surface area contributed by atoms with E-state index in [4.69, 9.17) is 4.74 Å². The Balaban J connectivity index is 1.58. The minimum atomic E-state index is 0.775. The SMILES string of the molecule is c1ncc(NCc2ccc(N3CCOCC3)cc2)cn1. The first-order chi connectivity index (χ1) is 9.92.